The van der Waals surface area contributed by atoms with Gasteiger partial charge in [-0.1, -0.05) is 36.8 Å². The molecule has 3 aliphatic rings. The Morgan fingerprint density at radius 2 is 1.73 bits per heavy atom. The number of nitrogens with two attached hydrogens (primary N) is 1. The van der Waals surface area contributed by atoms with E-state index in [1.807, 2.05) is 35.2 Å². The lowest BCUT2D eigenvalue weighted by atomic mass is 9.93. The molecule has 4 nitrogen and oxygen atoms in total. The Kier molecular flexibility index (Phi) is 7.77. The zero-order valence-corrected chi connectivity index (χ0v) is 16.9. The molecule has 1 amide bonds. The van der Waals surface area contributed by atoms with Crippen LogP contribution in [0, 0.1) is 11.8 Å². The summed E-state index contributed by atoms with van der Waals surface area (Å²) >= 11 is 0. The molecule has 3 fully saturated rings. The van der Waals surface area contributed by atoms with Crippen LogP contribution in [0.5, 0.6) is 0 Å². The highest BCUT2D eigenvalue weighted by molar-refractivity contribution is 5.85. The van der Waals surface area contributed by atoms with Gasteiger partial charge in [-0.2, -0.15) is 0 Å². The summed E-state index contributed by atoms with van der Waals surface area (Å²) in [6.45, 7) is 3.82. The maximum absolute atomic E-state index is 12.6. The van der Waals surface area contributed by atoms with Crippen LogP contribution in [0.1, 0.15) is 43.7 Å². The van der Waals surface area contributed by atoms with Gasteiger partial charge in [0, 0.05) is 44.7 Å². The first-order chi connectivity index (χ1) is 11.7. The van der Waals surface area contributed by atoms with Crippen molar-refractivity contribution in [2.24, 2.45) is 17.6 Å². The second-order valence-corrected chi connectivity index (χ2v) is 7.88. The number of rotatable bonds is 4. The van der Waals surface area contributed by atoms with E-state index < -0.39 is 0 Å². The average molecular weight is 400 g/mol. The molecule has 2 N–H and O–H groups in total. The smallest absolute Gasteiger partial charge is 0.224 e. The first-order valence-electron chi connectivity index (χ1n) is 9.53. The highest BCUT2D eigenvalue weighted by atomic mass is 35.5. The van der Waals surface area contributed by atoms with Crippen LogP contribution in [-0.2, 0) is 4.79 Å². The predicted octanol–water partition coefficient (Wildman–Crippen LogP) is 3.25. The van der Waals surface area contributed by atoms with Gasteiger partial charge < -0.3 is 10.6 Å². The summed E-state index contributed by atoms with van der Waals surface area (Å²) < 4.78 is 0. The number of amides is 1. The van der Waals surface area contributed by atoms with E-state index in [4.69, 9.17) is 5.73 Å². The van der Waals surface area contributed by atoms with Gasteiger partial charge in [0.05, 0.1) is 0 Å². The number of carbonyl (C=O) groups is 1. The summed E-state index contributed by atoms with van der Waals surface area (Å²) in [5.74, 6) is 2.13. The second-order valence-electron chi connectivity index (χ2n) is 7.88. The Morgan fingerprint density at radius 3 is 2.31 bits per heavy atom. The van der Waals surface area contributed by atoms with Gasteiger partial charge in [0.25, 0.3) is 0 Å². The van der Waals surface area contributed by atoms with Crippen molar-refractivity contribution in [1.29, 1.82) is 0 Å². The van der Waals surface area contributed by atoms with Crippen molar-refractivity contribution >= 4 is 30.7 Å². The third kappa shape index (κ3) is 4.53. The molecule has 4 atom stereocenters. The third-order valence-electron chi connectivity index (χ3n) is 6.46. The van der Waals surface area contributed by atoms with E-state index in [2.05, 4.69) is 4.90 Å². The monoisotopic (exact) mass is 399 g/mol. The maximum Gasteiger partial charge on any atom is 0.224 e. The van der Waals surface area contributed by atoms with Crippen molar-refractivity contribution in [3.63, 3.8) is 0 Å². The maximum atomic E-state index is 12.6. The molecule has 4 rings (SSSR count). The van der Waals surface area contributed by atoms with Gasteiger partial charge in [-0.15, -0.1) is 24.8 Å². The number of carbonyl (C=O) groups excluding carboxylic acids is 1. The molecule has 0 spiro atoms. The Hall–Kier alpha value is -0.810. The van der Waals surface area contributed by atoms with Crippen LogP contribution in [0.15, 0.2) is 30.3 Å². The Bertz CT molecular complexity index is 578. The number of benzene rings is 1. The number of piperazine rings is 1. The van der Waals surface area contributed by atoms with Crippen LogP contribution >= 0.6 is 24.8 Å². The lowest BCUT2D eigenvalue weighted by Crippen LogP contribution is -2.53. The van der Waals surface area contributed by atoms with Crippen molar-refractivity contribution in [2.45, 2.75) is 44.2 Å². The summed E-state index contributed by atoms with van der Waals surface area (Å²) in [4.78, 5) is 17.2. The number of hydrogen-bond donors (Lipinski definition) is 1. The molecule has 1 saturated heterocycles. The third-order valence-corrected chi connectivity index (χ3v) is 6.46. The second kappa shape index (κ2) is 9.41. The molecule has 2 saturated carbocycles. The van der Waals surface area contributed by atoms with Crippen molar-refractivity contribution in [3.8, 4) is 0 Å². The van der Waals surface area contributed by atoms with Gasteiger partial charge in [-0.05, 0) is 36.7 Å². The van der Waals surface area contributed by atoms with E-state index in [-0.39, 0.29) is 36.8 Å². The van der Waals surface area contributed by atoms with Gasteiger partial charge >= 0.3 is 0 Å². The number of halogens is 2. The van der Waals surface area contributed by atoms with Crippen LogP contribution in [0.25, 0.3) is 0 Å². The standard InChI is InChI=1S/C20H29N3O.2ClH/c21-18(16-4-2-1-3-5-16)14-20(24)23-10-8-22(9-11-23)19-13-15-6-7-17(19)12-15;;/h1-5,15,17-19H,6-14,21H2;2*1H. The van der Waals surface area contributed by atoms with Gasteiger partial charge in [-0.3, -0.25) is 9.69 Å². The molecule has 4 unspecified atom stereocenters. The quantitative estimate of drug-likeness (QED) is 0.844. The van der Waals surface area contributed by atoms with Gasteiger partial charge in [0.1, 0.15) is 0 Å². The molecule has 1 heterocycles. The van der Waals surface area contributed by atoms with Gasteiger partial charge in [0.15, 0.2) is 0 Å². The lowest BCUT2D eigenvalue weighted by Gasteiger charge is -2.41. The minimum atomic E-state index is -0.192. The Balaban J connectivity index is 0.00000121. The first kappa shape index (κ1) is 21.5. The van der Waals surface area contributed by atoms with E-state index in [9.17, 15) is 4.79 Å². The summed E-state index contributed by atoms with van der Waals surface area (Å²) in [7, 11) is 0. The molecule has 2 bridgehead atoms. The summed E-state index contributed by atoms with van der Waals surface area (Å²) in [6, 6.07) is 10.6. The molecule has 1 aromatic carbocycles. The minimum absolute atomic E-state index is 0. The fourth-order valence-corrected chi connectivity index (χ4v) is 5.10. The zero-order chi connectivity index (χ0) is 16.5. The van der Waals surface area contributed by atoms with Crippen molar-refractivity contribution in [3.05, 3.63) is 35.9 Å². The Labute approximate surface area is 169 Å². The fraction of sp³-hybridized carbons (Fsp3) is 0.650. The van der Waals surface area contributed by atoms with Crippen molar-refractivity contribution in [1.82, 2.24) is 9.80 Å². The summed E-state index contributed by atoms with van der Waals surface area (Å²) in [5.41, 5.74) is 7.26. The average Bonchev–Trinajstić information content (AvgIpc) is 3.26. The Morgan fingerprint density at radius 1 is 1.04 bits per heavy atom. The minimum Gasteiger partial charge on any atom is -0.340 e. The molecule has 2 aliphatic carbocycles. The van der Waals surface area contributed by atoms with Crippen LogP contribution in [-0.4, -0.2) is 47.9 Å². The topological polar surface area (TPSA) is 49.6 Å². The molecule has 1 aliphatic heterocycles. The van der Waals surface area contributed by atoms with E-state index in [1.54, 1.807) is 0 Å². The molecular formula is C20H31Cl2N3O. The lowest BCUT2D eigenvalue weighted by molar-refractivity contribution is -0.133. The van der Waals surface area contributed by atoms with Crippen LogP contribution in [0.4, 0.5) is 0 Å². The predicted molar refractivity (Wildman–Crippen MR) is 110 cm³/mol. The van der Waals surface area contributed by atoms with E-state index in [0.717, 1.165) is 49.6 Å². The van der Waals surface area contributed by atoms with Gasteiger partial charge in [0.2, 0.25) is 5.91 Å². The normalized spacial score (nSPS) is 29.0. The van der Waals surface area contributed by atoms with Gasteiger partial charge in [-0.25, -0.2) is 0 Å². The van der Waals surface area contributed by atoms with Crippen LogP contribution in [0.2, 0.25) is 0 Å². The van der Waals surface area contributed by atoms with E-state index in [0.29, 0.717) is 6.42 Å². The molecule has 6 heteroatoms. The summed E-state index contributed by atoms with van der Waals surface area (Å²) in [5, 5.41) is 0. The van der Waals surface area contributed by atoms with E-state index >= 15 is 0 Å². The molecule has 1 aromatic rings. The van der Waals surface area contributed by atoms with E-state index in [1.165, 1.54) is 25.7 Å². The number of nitrogens with zero attached hydrogens (tertiary/aromatic N) is 2. The number of fused-ring (bicyclic) bond motifs is 2. The number of hydrogen-bond acceptors (Lipinski definition) is 3. The molecular weight excluding hydrogens is 369 g/mol. The molecule has 0 aromatic heterocycles. The highest BCUT2D eigenvalue weighted by Gasteiger charge is 2.42. The molecule has 0 radical (unpaired) electrons. The molecule has 26 heavy (non-hydrogen) atoms. The van der Waals surface area contributed by atoms with Crippen LogP contribution in [0.3, 0.4) is 0 Å². The summed E-state index contributed by atoms with van der Waals surface area (Å²) in [6.07, 6.45) is 6.16. The molecule has 146 valence electrons. The van der Waals surface area contributed by atoms with Crippen molar-refractivity contribution in [2.75, 3.05) is 26.2 Å². The van der Waals surface area contributed by atoms with Crippen LogP contribution < -0.4 is 5.73 Å². The fourth-order valence-electron chi connectivity index (χ4n) is 5.10. The van der Waals surface area contributed by atoms with Crippen molar-refractivity contribution < 1.29 is 4.79 Å². The highest BCUT2D eigenvalue weighted by Crippen LogP contribution is 2.46. The largest absolute Gasteiger partial charge is 0.340 e. The SMILES string of the molecule is Cl.Cl.NC(CC(=O)N1CCN(C2CC3CCC2C3)CC1)c1ccccc1. The zero-order valence-electron chi connectivity index (χ0n) is 15.3. The first-order valence-corrected chi connectivity index (χ1v) is 9.53.